The second-order valence-electron chi connectivity index (χ2n) is 5.54. The quantitative estimate of drug-likeness (QED) is 0.808. The van der Waals surface area contributed by atoms with Gasteiger partial charge in [-0.3, -0.25) is 14.5 Å². The first kappa shape index (κ1) is 18.1. The summed E-state index contributed by atoms with van der Waals surface area (Å²) in [5.41, 5.74) is 0.393. The van der Waals surface area contributed by atoms with Crippen LogP contribution in [0.3, 0.4) is 0 Å². The lowest BCUT2D eigenvalue weighted by molar-refractivity contribution is -0.123. The average Bonchev–Trinajstić information content (AvgIpc) is 3.00. The highest BCUT2D eigenvalue weighted by Gasteiger charge is 2.14. The van der Waals surface area contributed by atoms with Gasteiger partial charge in [0.05, 0.1) is 19.1 Å². The molecule has 0 saturated heterocycles. The molecule has 0 aliphatic heterocycles. The van der Waals surface area contributed by atoms with Crippen LogP contribution in [0.2, 0.25) is 0 Å². The van der Waals surface area contributed by atoms with Crippen molar-refractivity contribution in [3.05, 3.63) is 52.5 Å². The lowest BCUT2D eigenvalue weighted by Crippen LogP contribution is -2.39. The van der Waals surface area contributed by atoms with E-state index in [1.54, 1.807) is 29.4 Å². The summed E-state index contributed by atoms with van der Waals surface area (Å²) >= 11 is 1.58. The number of hydrogen-bond donors (Lipinski definition) is 2. The van der Waals surface area contributed by atoms with Crippen LogP contribution < -0.4 is 10.6 Å². The zero-order valence-electron chi connectivity index (χ0n) is 13.6. The molecule has 1 aromatic heterocycles. The molecular weight excluding hydrogens is 329 g/mol. The molecule has 1 heterocycles. The Labute approximate surface area is 144 Å². The number of carbonyl (C=O) groups excluding carboxylic acids is 2. The van der Waals surface area contributed by atoms with Gasteiger partial charge in [-0.05, 0) is 43.6 Å². The highest BCUT2D eigenvalue weighted by molar-refractivity contribution is 7.10. The van der Waals surface area contributed by atoms with Gasteiger partial charge in [-0.2, -0.15) is 0 Å². The minimum atomic E-state index is -0.414. The maximum Gasteiger partial charge on any atom is 0.238 e. The topological polar surface area (TPSA) is 61.4 Å². The third-order valence-electron chi connectivity index (χ3n) is 3.28. The molecule has 0 fully saturated rings. The number of rotatable bonds is 7. The van der Waals surface area contributed by atoms with Crippen molar-refractivity contribution in [2.45, 2.75) is 13.0 Å². The van der Waals surface area contributed by atoms with E-state index < -0.39 is 5.82 Å². The first-order valence-corrected chi connectivity index (χ1v) is 8.38. The Morgan fingerprint density at radius 1 is 1.21 bits per heavy atom. The van der Waals surface area contributed by atoms with Gasteiger partial charge in [-0.25, -0.2) is 4.39 Å². The molecule has 1 atom stereocenters. The van der Waals surface area contributed by atoms with E-state index in [4.69, 9.17) is 0 Å². The Hall–Kier alpha value is -2.25. The van der Waals surface area contributed by atoms with Crippen LogP contribution in [0.25, 0.3) is 0 Å². The first-order chi connectivity index (χ1) is 11.4. The summed E-state index contributed by atoms with van der Waals surface area (Å²) in [6, 6.07) is 9.52. The average molecular weight is 349 g/mol. The highest BCUT2D eigenvalue weighted by Crippen LogP contribution is 2.17. The fourth-order valence-electron chi connectivity index (χ4n) is 2.21. The number of likely N-dealkylation sites (N-methyl/N-ethyl adjacent to an activating group) is 1. The third kappa shape index (κ3) is 5.75. The van der Waals surface area contributed by atoms with Crippen LogP contribution in [0.1, 0.15) is 17.8 Å². The Balaban J connectivity index is 1.76. The molecule has 7 heteroatoms. The summed E-state index contributed by atoms with van der Waals surface area (Å²) in [5, 5.41) is 7.45. The number of nitrogens with one attached hydrogen (secondary N) is 2. The van der Waals surface area contributed by atoms with Crippen molar-refractivity contribution in [3.63, 3.8) is 0 Å². The molecule has 0 bridgehead atoms. The van der Waals surface area contributed by atoms with E-state index in [1.165, 1.54) is 18.2 Å². The zero-order chi connectivity index (χ0) is 17.5. The summed E-state index contributed by atoms with van der Waals surface area (Å²) < 4.78 is 13.1. The van der Waals surface area contributed by atoms with Gasteiger partial charge >= 0.3 is 0 Å². The van der Waals surface area contributed by atoms with Crippen LogP contribution in [-0.2, 0) is 9.59 Å². The lowest BCUT2D eigenvalue weighted by Gasteiger charge is -2.18. The second kappa shape index (κ2) is 8.56. The monoisotopic (exact) mass is 349 g/mol. The molecule has 0 saturated carbocycles. The number of hydrogen-bond acceptors (Lipinski definition) is 4. The van der Waals surface area contributed by atoms with Crippen molar-refractivity contribution in [1.82, 2.24) is 10.2 Å². The van der Waals surface area contributed by atoms with Gasteiger partial charge < -0.3 is 10.6 Å². The number of anilines is 1. The Bertz CT molecular complexity index is 691. The number of nitrogens with zero attached hydrogens (tertiary/aromatic N) is 1. The van der Waals surface area contributed by atoms with Crippen molar-refractivity contribution in [2.24, 2.45) is 0 Å². The molecule has 0 aliphatic rings. The molecule has 24 heavy (non-hydrogen) atoms. The van der Waals surface area contributed by atoms with Gasteiger partial charge in [0.1, 0.15) is 5.82 Å². The van der Waals surface area contributed by atoms with Gasteiger partial charge in [0.25, 0.3) is 0 Å². The van der Waals surface area contributed by atoms with Gasteiger partial charge in [0, 0.05) is 10.6 Å². The molecule has 0 unspecified atom stereocenters. The van der Waals surface area contributed by atoms with Crippen LogP contribution in [0.4, 0.5) is 10.1 Å². The molecular formula is C17H20FN3O2S. The number of carbonyl (C=O) groups is 2. The second-order valence-corrected chi connectivity index (χ2v) is 6.51. The largest absolute Gasteiger partial charge is 0.348 e. The van der Waals surface area contributed by atoms with E-state index in [9.17, 15) is 14.0 Å². The minimum Gasteiger partial charge on any atom is -0.348 e. The van der Waals surface area contributed by atoms with Gasteiger partial charge in [-0.15, -0.1) is 11.3 Å². The van der Waals surface area contributed by atoms with Crippen LogP contribution in [0, 0.1) is 5.82 Å². The lowest BCUT2D eigenvalue weighted by atomic mass is 10.2. The fourth-order valence-corrected chi connectivity index (χ4v) is 2.94. The van der Waals surface area contributed by atoms with Crippen LogP contribution >= 0.6 is 11.3 Å². The van der Waals surface area contributed by atoms with E-state index in [0.29, 0.717) is 5.69 Å². The number of amides is 2. The van der Waals surface area contributed by atoms with Crippen molar-refractivity contribution in [2.75, 3.05) is 25.5 Å². The molecule has 2 amide bonds. The Morgan fingerprint density at radius 3 is 2.62 bits per heavy atom. The number of halogens is 1. The number of benzene rings is 1. The number of thiophene rings is 1. The van der Waals surface area contributed by atoms with Crippen molar-refractivity contribution in [1.29, 1.82) is 0 Å². The van der Waals surface area contributed by atoms with Crippen LogP contribution in [-0.4, -0.2) is 36.9 Å². The minimum absolute atomic E-state index is 0.0390. The molecule has 0 radical (unpaired) electrons. The molecule has 0 spiro atoms. The van der Waals surface area contributed by atoms with E-state index in [-0.39, 0.29) is 30.9 Å². The molecule has 2 rings (SSSR count). The molecule has 0 aliphatic carbocycles. The fraction of sp³-hybridized carbons (Fsp3) is 0.294. The molecule has 128 valence electrons. The van der Waals surface area contributed by atoms with E-state index >= 15 is 0 Å². The smallest absolute Gasteiger partial charge is 0.238 e. The maximum atomic E-state index is 13.1. The predicted octanol–water partition coefficient (Wildman–Crippen LogP) is 2.63. The van der Waals surface area contributed by atoms with Crippen LogP contribution in [0.15, 0.2) is 41.8 Å². The van der Waals surface area contributed by atoms with E-state index in [2.05, 4.69) is 10.6 Å². The van der Waals surface area contributed by atoms with Gasteiger partial charge in [-0.1, -0.05) is 12.1 Å². The van der Waals surface area contributed by atoms with E-state index in [0.717, 1.165) is 4.88 Å². The first-order valence-electron chi connectivity index (χ1n) is 7.51. The molecule has 2 aromatic rings. The normalized spacial score (nSPS) is 12.0. The maximum absolute atomic E-state index is 13.1. The summed E-state index contributed by atoms with van der Waals surface area (Å²) in [6.07, 6.45) is 0. The molecule has 2 N–H and O–H groups in total. The van der Waals surface area contributed by atoms with E-state index in [1.807, 2.05) is 24.4 Å². The molecule has 1 aromatic carbocycles. The highest BCUT2D eigenvalue weighted by atomic mass is 32.1. The SMILES string of the molecule is C[C@H](NC(=O)CN(C)CC(=O)Nc1cccc(F)c1)c1cccs1. The zero-order valence-corrected chi connectivity index (χ0v) is 14.4. The third-order valence-corrected chi connectivity index (χ3v) is 4.34. The van der Waals surface area contributed by atoms with Gasteiger partial charge in [0.2, 0.25) is 11.8 Å². The summed E-state index contributed by atoms with van der Waals surface area (Å²) in [7, 11) is 1.68. The standard InChI is InChI=1S/C17H20FN3O2S/c1-12(15-7-4-8-24-15)19-16(22)10-21(2)11-17(23)20-14-6-3-5-13(18)9-14/h3-9,12H,10-11H2,1-2H3,(H,19,22)(H,20,23)/t12-/m0/s1. The summed E-state index contributed by atoms with van der Waals surface area (Å²) in [6.45, 7) is 2.06. The Kier molecular flexibility index (Phi) is 6.45. The summed E-state index contributed by atoms with van der Waals surface area (Å²) in [4.78, 5) is 26.6. The van der Waals surface area contributed by atoms with Gasteiger partial charge in [0.15, 0.2) is 0 Å². The van der Waals surface area contributed by atoms with Crippen molar-refractivity contribution >= 4 is 28.8 Å². The van der Waals surface area contributed by atoms with Crippen LogP contribution in [0.5, 0.6) is 0 Å². The van der Waals surface area contributed by atoms with Crippen molar-refractivity contribution < 1.29 is 14.0 Å². The summed E-state index contributed by atoms with van der Waals surface area (Å²) in [5.74, 6) is -0.873. The van der Waals surface area contributed by atoms with Crippen molar-refractivity contribution in [3.8, 4) is 0 Å². The Morgan fingerprint density at radius 2 is 1.96 bits per heavy atom. The predicted molar refractivity (Wildman–Crippen MR) is 93.4 cm³/mol. The molecule has 5 nitrogen and oxygen atoms in total.